The summed E-state index contributed by atoms with van der Waals surface area (Å²) in [7, 11) is 0. The third-order valence-corrected chi connectivity index (χ3v) is 3.98. The number of carbonyl (C=O) groups is 4. The summed E-state index contributed by atoms with van der Waals surface area (Å²) in [5, 5.41) is 0. The highest BCUT2D eigenvalue weighted by Gasteiger charge is 2.38. The standard InChI is InChI=1S/C18H25NO6/c1-5-10-19-11-8-7-9-13(19)16(22)25-17(23)15(21)18(3,4)12-24-14(20)6-2/h5-6,13H,1-2,7-12H2,3-4H3/t13-/m0/s1. The van der Waals surface area contributed by atoms with Gasteiger partial charge in [0.1, 0.15) is 12.6 Å². The van der Waals surface area contributed by atoms with Crippen molar-refractivity contribution >= 4 is 23.7 Å². The number of piperidine rings is 1. The van der Waals surface area contributed by atoms with Crippen LogP contribution < -0.4 is 0 Å². The van der Waals surface area contributed by atoms with Gasteiger partial charge in [-0.3, -0.25) is 9.69 Å². The van der Waals surface area contributed by atoms with Crippen LogP contribution in [0, 0.1) is 5.41 Å². The molecule has 0 aromatic heterocycles. The molecule has 0 bridgehead atoms. The molecule has 7 heteroatoms. The number of ether oxygens (including phenoxy) is 2. The number of esters is 3. The Morgan fingerprint density at radius 3 is 2.48 bits per heavy atom. The van der Waals surface area contributed by atoms with Crippen LogP contribution in [0.5, 0.6) is 0 Å². The van der Waals surface area contributed by atoms with E-state index in [-0.39, 0.29) is 6.61 Å². The lowest BCUT2D eigenvalue weighted by molar-refractivity contribution is -0.171. The second-order valence-electron chi connectivity index (χ2n) is 6.53. The molecule has 1 aliphatic rings. The van der Waals surface area contributed by atoms with Crippen molar-refractivity contribution in [2.75, 3.05) is 19.7 Å². The van der Waals surface area contributed by atoms with E-state index >= 15 is 0 Å². The number of nitrogens with zero attached hydrogens (tertiary/aromatic N) is 1. The SMILES string of the molecule is C=CCN1CCCC[C@H]1C(=O)OC(=O)C(=O)C(C)(C)COC(=O)C=C. The van der Waals surface area contributed by atoms with Crippen molar-refractivity contribution in [3.63, 3.8) is 0 Å². The first kappa shape index (κ1) is 20.8. The molecule has 7 nitrogen and oxygen atoms in total. The number of rotatable bonds is 8. The quantitative estimate of drug-likeness (QED) is 0.215. The zero-order valence-electron chi connectivity index (χ0n) is 14.8. The number of Topliss-reactive ketones (excluding diaryl/α,β-unsaturated/α-hetero) is 1. The first-order valence-corrected chi connectivity index (χ1v) is 8.17. The molecule has 0 radical (unpaired) electrons. The molecule has 0 aromatic rings. The van der Waals surface area contributed by atoms with Crippen molar-refractivity contribution in [1.82, 2.24) is 4.90 Å². The van der Waals surface area contributed by atoms with Crippen LogP contribution in [-0.4, -0.2) is 54.3 Å². The zero-order chi connectivity index (χ0) is 19.0. The molecule has 1 aliphatic heterocycles. The summed E-state index contributed by atoms with van der Waals surface area (Å²) < 4.78 is 9.59. The lowest BCUT2D eigenvalue weighted by Gasteiger charge is -2.32. The molecule has 0 N–H and O–H groups in total. The number of hydrogen-bond acceptors (Lipinski definition) is 7. The van der Waals surface area contributed by atoms with Crippen LogP contribution in [0.1, 0.15) is 33.1 Å². The number of ketones is 1. The van der Waals surface area contributed by atoms with Gasteiger partial charge in [-0.25, -0.2) is 14.4 Å². The maximum atomic E-state index is 12.3. The van der Waals surface area contributed by atoms with E-state index in [0.29, 0.717) is 19.5 Å². The number of hydrogen-bond donors (Lipinski definition) is 0. The minimum Gasteiger partial charge on any atom is -0.461 e. The molecule has 0 unspecified atom stereocenters. The summed E-state index contributed by atoms with van der Waals surface area (Å²) in [5.41, 5.74) is -1.30. The van der Waals surface area contributed by atoms with Gasteiger partial charge in [0.2, 0.25) is 5.78 Å². The highest BCUT2D eigenvalue weighted by atomic mass is 16.6. The molecule has 0 aliphatic carbocycles. The Bertz CT molecular complexity index is 566. The summed E-state index contributed by atoms with van der Waals surface area (Å²) in [4.78, 5) is 49.5. The fourth-order valence-corrected chi connectivity index (χ4v) is 2.50. The van der Waals surface area contributed by atoms with Crippen molar-refractivity contribution in [3.05, 3.63) is 25.3 Å². The van der Waals surface area contributed by atoms with Crippen LogP contribution in [0.3, 0.4) is 0 Å². The van der Waals surface area contributed by atoms with Gasteiger partial charge in [0.05, 0.1) is 5.41 Å². The molecule has 1 atom stereocenters. The Morgan fingerprint density at radius 1 is 1.20 bits per heavy atom. The topological polar surface area (TPSA) is 90.0 Å². The van der Waals surface area contributed by atoms with Gasteiger partial charge in [-0.1, -0.05) is 19.1 Å². The molecular formula is C18H25NO6. The Morgan fingerprint density at radius 2 is 1.88 bits per heavy atom. The summed E-state index contributed by atoms with van der Waals surface area (Å²) >= 11 is 0. The van der Waals surface area contributed by atoms with Crippen molar-refractivity contribution in [2.45, 2.75) is 39.2 Å². The van der Waals surface area contributed by atoms with E-state index in [9.17, 15) is 19.2 Å². The second kappa shape index (κ2) is 9.27. The summed E-state index contributed by atoms with van der Waals surface area (Å²) in [6.07, 6.45) is 4.99. The third-order valence-electron chi connectivity index (χ3n) is 3.98. The molecule has 1 rings (SSSR count). The molecule has 0 aromatic carbocycles. The van der Waals surface area contributed by atoms with Gasteiger partial charge in [-0.15, -0.1) is 6.58 Å². The average molecular weight is 351 g/mol. The maximum Gasteiger partial charge on any atom is 0.383 e. The van der Waals surface area contributed by atoms with E-state index in [1.54, 1.807) is 6.08 Å². The average Bonchev–Trinajstić information content (AvgIpc) is 2.59. The third kappa shape index (κ3) is 5.94. The van der Waals surface area contributed by atoms with Crippen molar-refractivity contribution in [1.29, 1.82) is 0 Å². The van der Waals surface area contributed by atoms with Crippen LogP contribution >= 0.6 is 0 Å². The van der Waals surface area contributed by atoms with Crippen molar-refractivity contribution in [2.24, 2.45) is 5.41 Å². The Balaban J connectivity index is 2.67. The number of carbonyl (C=O) groups excluding carboxylic acids is 4. The van der Waals surface area contributed by atoms with E-state index in [0.717, 1.165) is 18.9 Å². The molecule has 0 saturated carbocycles. The van der Waals surface area contributed by atoms with Gasteiger partial charge in [0.15, 0.2) is 0 Å². The maximum absolute atomic E-state index is 12.3. The highest BCUT2D eigenvalue weighted by Crippen LogP contribution is 2.21. The van der Waals surface area contributed by atoms with Crippen LogP contribution in [0.4, 0.5) is 0 Å². The van der Waals surface area contributed by atoms with Crippen LogP contribution in [0.2, 0.25) is 0 Å². The van der Waals surface area contributed by atoms with E-state index in [1.807, 2.05) is 4.90 Å². The molecule has 0 spiro atoms. The molecule has 1 heterocycles. The normalized spacial score (nSPS) is 18.1. The van der Waals surface area contributed by atoms with E-state index in [1.165, 1.54) is 13.8 Å². The van der Waals surface area contributed by atoms with Crippen molar-refractivity contribution < 1.29 is 28.7 Å². The lowest BCUT2D eigenvalue weighted by atomic mass is 9.89. The minimum absolute atomic E-state index is 0.313. The van der Waals surface area contributed by atoms with Gasteiger partial charge in [0.25, 0.3) is 0 Å². The monoisotopic (exact) mass is 351 g/mol. The Labute approximate surface area is 147 Å². The van der Waals surface area contributed by atoms with E-state index < -0.39 is 35.1 Å². The molecule has 1 saturated heterocycles. The molecular weight excluding hydrogens is 326 g/mol. The van der Waals surface area contributed by atoms with Crippen LogP contribution in [0.25, 0.3) is 0 Å². The van der Waals surface area contributed by atoms with Crippen LogP contribution in [0.15, 0.2) is 25.3 Å². The molecule has 0 amide bonds. The molecule has 1 fully saturated rings. The van der Waals surface area contributed by atoms with Gasteiger partial charge in [-0.05, 0) is 33.2 Å². The fraction of sp³-hybridized carbons (Fsp3) is 0.556. The molecule has 138 valence electrons. The first-order valence-electron chi connectivity index (χ1n) is 8.17. The Hall–Kier alpha value is -2.28. The smallest absolute Gasteiger partial charge is 0.383 e. The van der Waals surface area contributed by atoms with E-state index in [2.05, 4.69) is 13.2 Å². The predicted molar refractivity (Wildman–Crippen MR) is 90.5 cm³/mol. The summed E-state index contributed by atoms with van der Waals surface area (Å²) in [6.45, 7) is 10.7. The lowest BCUT2D eigenvalue weighted by Crippen LogP contribution is -2.47. The minimum atomic E-state index is -1.30. The predicted octanol–water partition coefficient (Wildman–Crippen LogP) is 1.42. The van der Waals surface area contributed by atoms with Gasteiger partial charge in [-0.2, -0.15) is 0 Å². The molecule has 25 heavy (non-hydrogen) atoms. The highest BCUT2D eigenvalue weighted by molar-refractivity contribution is 6.37. The number of likely N-dealkylation sites (tertiary alicyclic amines) is 1. The van der Waals surface area contributed by atoms with Gasteiger partial charge in [0, 0.05) is 12.6 Å². The summed E-state index contributed by atoms with van der Waals surface area (Å²) in [6, 6.07) is -0.565. The zero-order valence-corrected chi connectivity index (χ0v) is 14.8. The van der Waals surface area contributed by atoms with Gasteiger partial charge < -0.3 is 9.47 Å². The van der Waals surface area contributed by atoms with Gasteiger partial charge >= 0.3 is 17.9 Å². The largest absolute Gasteiger partial charge is 0.461 e. The Kier molecular flexibility index (Phi) is 7.70. The van der Waals surface area contributed by atoms with Crippen molar-refractivity contribution in [3.8, 4) is 0 Å². The summed E-state index contributed by atoms with van der Waals surface area (Å²) in [5.74, 6) is -3.61. The first-order chi connectivity index (χ1) is 11.7. The van der Waals surface area contributed by atoms with E-state index in [4.69, 9.17) is 9.47 Å². The fourth-order valence-electron chi connectivity index (χ4n) is 2.50. The van der Waals surface area contributed by atoms with Crippen LogP contribution in [-0.2, 0) is 28.7 Å². The second-order valence-corrected chi connectivity index (χ2v) is 6.53.